The van der Waals surface area contributed by atoms with Gasteiger partial charge in [-0.1, -0.05) is 42.5 Å². The van der Waals surface area contributed by atoms with Crippen molar-refractivity contribution in [2.75, 3.05) is 36.9 Å². The number of carbonyl (C=O) groups excluding carboxylic acids is 6. The number of benzene rings is 3. The maximum absolute atomic E-state index is 15.3. The van der Waals surface area contributed by atoms with Crippen LogP contribution < -0.4 is 26.6 Å². The number of nitrogens with one attached hydrogen (secondary N) is 4. The van der Waals surface area contributed by atoms with Gasteiger partial charge < -0.3 is 36.0 Å². The van der Waals surface area contributed by atoms with E-state index >= 15 is 4.57 Å². The highest BCUT2D eigenvalue weighted by Gasteiger charge is 2.45. The highest BCUT2D eigenvalue weighted by Crippen LogP contribution is 2.53. The fraction of sp³-hybridized carbons (Fsp3) is 0.294. The lowest BCUT2D eigenvalue weighted by Crippen LogP contribution is -2.37. The van der Waals surface area contributed by atoms with Crippen molar-refractivity contribution in [3.8, 4) is 0 Å². The second kappa shape index (κ2) is 15.7. The van der Waals surface area contributed by atoms with Gasteiger partial charge in [-0.25, -0.2) is 0 Å². The van der Waals surface area contributed by atoms with Crippen molar-refractivity contribution in [3.63, 3.8) is 0 Å². The van der Waals surface area contributed by atoms with Gasteiger partial charge in [0.15, 0.2) is 0 Å². The lowest BCUT2D eigenvalue weighted by Gasteiger charge is -2.24. The molecule has 4 amide bonds. The number of anilines is 2. The lowest BCUT2D eigenvalue weighted by atomic mass is 9.97. The van der Waals surface area contributed by atoms with E-state index < -0.39 is 41.8 Å². The first kappa shape index (κ1) is 37.5. The molecule has 48 heavy (non-hydrogen) atoms. The third kappa shape index (κ3) is 7.60. The third-order valence-electron chi connectivity index (χ3n) is 7.75. The van der Waals surface area contributed by atoms with E-state index in [0.29, 0.717) is 22.3 Å². The van der Waals surface area contributed by atoms with Crippen LogP contribution in [0.3, 0.4) is 0 Å². The molecule has 3 aromatic carbocycles. The Hall–Kier alpha value is -4.97. The zero-order valence-electron chi connectivity index (χ0n) is 27.6. The first-order valence-corrected chi connectivity index (χ1v) is 16.7. The molecule has 6 N–H and O–H groups in total. The van der Waals surface area contributed by atoms with Crippen LogP contribution >= 0.6 is 7.14 Å². The Morgan fingerprint density at radius 3 is 1.31 bits per heavy atom. The van der Waals surface area contributed by atoms with E-state index in [9.17, 15) is 28.8 Å². The average molecular weight is 679 g/mol. The minimum absolute atomic E-state index is 0.0401. The van der Waals surface area contributed by atoms with Crippen LogP contribution in [0.1, 0.15) is 54.1 Å². The maximum Gasteiger partial charge on any atom is 0.313 e. The monoisotopic (exact) mass is 678 g/mol. The van der Waals surface area contributed by atoms with Crippen LogP contribution in [-0.4, -0.2) is 71.2 Å². The van der Waals surface area contributed by atoms with E-state index in [2.05, 4.69) is 21.3 Å². The molecule has 13 nitrogen and oxygen atoms in total. The molecule has 0 aliphatic heterocycles. The van der Waals surface area contributed by atoms with Gasteiger partial charge in [0, 0.05) is 40.9 Å². The van der Waals surface area contributed by atoms with Crippen molar-refractivity contribution in [1.29, 1.82) is 0 Å². The van der Waals surface area contributed by atoms with Crippen molar-refractivity contribution < 1.29 is 43.5 Å². The number of aryl methyl sites for hydroxylation is 4. The molecule has 0 aliphatic carbocycles. The van der Waals surface area contributed by atoms with Gasteiger partial charge in [-0.2, -0.15) is 0 Å². The summed E-state index contributed by atoms with van der Waals surface area (Å²) in [6.07, 6.45) is 0. The summed E-state index contributed by atoms with van der Waals surface area (Å²) in [6.45, 7) is 8.46. The molecule has 0 radical (unpaired) electrons. The summed E-state index contributed by atoms with van der Waals surface area (Å²) >= 11 is 0. The zero-order valence-corrected chi connectivity index (χ0v) is 28.5. The van der Waals surface area contributed by atoms with Crippen molar-refractivity contribution in [2.24, 2.45) is 0 Å². The van der Waals surface area contributed by atoms with Crippen LogP contribution in [0.25, 0.3) is 0 Å². The predicted molar refractivity (Wildman–Crippen MR) is 181 cm³/mol. The predicted octanol–water partition coefficient (Wildman–Crippen LogP) is 2.30. The summed E-state index contributed by atoms with van der Waals surface area (Å²) in [5.41, 5.74) is 0.199. The molecule has 254 valence electrons. The summed E-state index contributed by atoms with van der Waals surface area (Å²) < 4.78 is 15.3. The highest BCUT2D eigenvalue weighted by atomic mass is 31.2. The van der Waals surface area contributed by atoms with E-state index in [1.807, 2.05) is 0 Å². The molecular formula is C34H39N4O9P. The molecule has 0 heterocycles. The van der Waals surface area contributed by atoms with Crippen LogP contribution in [0.4, 0.5) is 11.4 Å². The van der Waals surface area contributed by atoms with Crippen molar-refractivity contribution in [1.82, 2.24) is 10.6 Å². The Morgan fingerprint density at radius 1 is 0.583 bits per heavy atom. The molecule has 0 saturated carbocycles. The number of amides is 4. The first-order valence-electron chi connectivity index (χ1n) is 15.0. The van der Waals surface area contributed by atoms with Gasteiger partial charge in [0.05, 0.1) is 13.2 Å². The number of hydrogen-bond acceptors (Lipinski definition) is 9. The summed E-state index contributed by atoms with van der Waals surface area (Å²) in [5.74, 6) is -4.13. The topological polar surface area (TPSA) is 208 Å². The molecule has 3 rings (SSSR count). The molecule has 0 fully saturated rings. The quantitative estimate of drug-likeness (QED) is 0.130. The average Bonchev–Trinajstić information content (AvgIpc) is 3.05. The maximum atomic E-state index is 15.3. The van der Waals surface area contributed by atoms with E-state index in [-0.39, 0.29) is 65.2 Å². The third-order valence-corrected chi connectivity index (χ3v) is 10.4. The Labute approximate surface area is 277 Å². The number of rotatable bonds is 11. The zero-order chi connectivity index (χ0) is 35.9. The number of carbonyl (C=O) groups is 6. The molecule has 0 spiro atoms. The SMILES string of the molecule is Cc1cc(C)c(C(=O)P(=O)(C(=O)c2c(C)cc(C)c(NC(=O)C(=O)NCCO)c2C)c2ccccc2)c(C)c1NC(=O)C(=O)NCCO. The molecule has 14 heteroatoms. The Kier molecular flexibility index (Phi) is 12.3. The van der Waals surface area contributed by atoms with Gasteiger partial charge in [-0.3, -0.25) is 28.8 Å². The fourth-order valence-corrected chi connectivity index (χ4v) is 8.10. The van der Waals surface area contributed by atoms with Gasteiger partial charge in [0.1, 0.15) is 0 Å². The van der Waals surface area contributed by atoms with Gasteiger partial charge in [0.2, 0.25) is 18.2 Å². The van der Waals surface area contributed by atoms with Crippen molar-refractivity contribution >= 4 is 58.5 Å². The molecule has 0 bridgehead atoms. The highest BCUT2D eigenvalue weighted by molar-refractivity contribution is 8.01. The van der Waals surface area contributed by atoms with Gasteiger partial charge in [0.25, 0.3) is 0 Å². The molecule has 0 aliphatic rings. The van der Waals surface area contributed by atoms with Crippen LogP contribution in [0.5, 0.6) is 0 Å². The van der Waals surface area contributed by atoms with Crippen LogP contribution in [0.2, 0.25) is 0 Å². The number of aliphatic hydroxyl groups excluding tert-OH is 2. The van der Waals surface area contributed by atoms with Crippen molar-refractivity contribution in [3.05, 3.63) is 87.0 Å². The van der Waals surface area contributed by atoms with Gasteiger partial charge in [-0.15, -0.1) is 0 Å². The molecule has 0 aromatic heterocycles. The van der Waals surface area contributed by atoms with Crippen LogP contribution in [-0.2, 0) is 23.7 Å². The fourth-order valence-electron chi connectivity index (χ4n) is 5.53. The molecule has 0 saturated heterocycles. The van der Waals surface area contributed by atoms with Crippen molar-refractivity contribution in [2.45, 2.75) is 41.5 Å². The normalized spacial score (nSPS) is 11.0. The molecule has 3 aromatic rings. The first-order chi connectivity index (χ1) is 22.6. The minimum Gasteiger partial charge on any atom is -0.395 e. The number of aliphatic hydroxyl groups is 2. The standard InChI is InChI=1S/C34H39N4O9P/c1-18-16-20(3)27(37-31(43)29(41)35-12-14-39)22(5)25(18)33(45)48(47,24-10-8-7-9-11-24)34(46)26-19(2)17-21(4)28(23(26)6)38-32(44)30(42)36-13-15-40/h7-11,16-17,39-40H,12-15H2,1-6H3,(H,35,41)(H,36,42)(H,37,43)(H,38,44). The summed E-state index contributed by atoms with van der Waals surface area (Å²) in [4.78, 5) is 79.0. The lowest BCUT2D eigenvalue weighted by molar-refractivity contribution is -0.136. The Morgan fingerprint density at radius 2 is 0.958 bits per heavy atom. The molecule has 0 unspecified atom stereocenters. The summed E-state index contributed by atoms with van der Waals surface area (Å²) in [5, 5.41) is 27.4. The van der Waals surface area contributed by atoms with Gasteiger partial charge >= 0.3 is 23.6 Å². The van der Waals surface area contributed by atoms with E-state index in [1.165, 1.54) is 26.0 Å². The summed E-state index contributed by atoms with van der Waals surface area (Å²) in [7, 11) is -4.73. The molecular weight excluding hydrogens is 639 g/mol. The van der Waals surface area contributed by atoms with Gasteiger partial charge in [-0.05, 0) is 74.9 Å². The van der Waals surface area contributed by atoms with Crippen LogP contribution in [0, 0.1) is 41.5 Å². The Balaban J connectivity index is 2.22. The Bertz CT molecular complexity index is 1740. The smallest absolute Gasteiger partial charge is 0.313 e. The second-order valence-corrected chi connectivity index (χ2v) is 13.7. The van der Waals surface area contributed by atoms with Crippen LogP contribution in [0.15, 0.2) is 42.5 Å². The molecule has 0 atom stereocenters. The largest absolute Gasteiger partial charge is 0.395 e. The van der Waals surface area contributed by atoms with E-state index in [0.717, 1.165) is 0 Å². The van der Waals surface area contributed by atoms with E-state index in [4.69, 9.17) is 10.2 Å². The second-order valence-electron chi connectivity index (χ2n) is 11.2. The number of hydrogen-bond donors (Lipinski definition) is 6. The minimum atomic E-state index is -4.73. The van der Waals surface area contributed by atoms with E-state index in [1.54, 1.807) is 58.0 Å². The summed E-state index contributed by atoms with van der Waals surface area (Å²) in [6, 6.07) is 10.7.